The zero-order valence-corrected chi connectivity index (χ0v) is 17.4. The van der Waals surface area contributed by atoms with E-state index in [1.807, 2.05) is 0 Å². The highest BCUT2D eigenvalue weighted by molar-refractivity contribution is 5.95. The van der Waals surface area contributed by atoms with E-state index in [-0.39, 0.29) is 6.42 Å². The number of rotatable bonds is 12. The Morgan fingerprint density at radius 1 is 1.03 bits per heavy atom. The maximum atomic E-state index is 12.4. The monoisotopic (exact) mass is 440 g/mol. The van der Waals surface area contributed by atoms with E-state index >= 15 is 0 Å². The van der Waals surface area contributed by atoms with Crippen LogP contribution in [0.15, 0.2) is 12.5 Å². The minimum absolute atomic E-state index is 0.149. The lowest BCUT2D eigenvalue weighted by atomic mass is 10.0. The molecule has 4 atom stereocenters. The van der Waals surface area contributed by atoms with Gasteiger partial charge in [0.2, 0.25) is 17.7 Å². The lowest BCUT2D eigenvalue weighted by molar-refractivity contribution is -0.144. The highest BCUT2D eigenvalue weighted by atomic mass is 16.4. The molecule has 1 aromatic heterocycles. The molecule has 8 N–H and O–H groups in total. The molecule has 13 heteroatoms. The number of amides is 3. The Hall–Kier alpha value is -3.48. The van der Waals surface area contributed by atoms with E-state index in [4.69, 9.17) is 10.8 Å². The minimum atomic E-state index is -1.54. The molecule has 31 heavy (non-hydrogen) atoms. The molecule has 4 unspecified atom stereocenters. The molecule has 0 aromatic carbocycles. The van der Waals surface area contributed by atoms with E-state index < -0.39 is 66.2 Å². The van der Waals surface area contributed by atoms with Crippen molar-refractivity contribution in [3.8, 4) is 0 Å². The predicted molar refractivity (Wildman–Crippen MR) is 106 cm³/mol. The summed E-state index contributed by atoms with van der Waals surface area (Å²) in [4.78, 5) is 65.9. The van der Waals surface area contributed by atoms with Crippen LogP contribution in [0.4, 0.5) is 0 Å². The molecule has 0 aliphatic carbocycles. The molecule has 0 bridgehead atoms. The fraction of sp³-hybridized carbons (Fsp3) is 0.556. The topological polar surface area (TPSA) is 217 Å². The van der Waals surface area contributed by atoms with E-state index in [0.29, 0.717) is 5.69 Å². The second kappa shape index (κ2) is 11.6. The van der Waals surface area contributed by atoms with Crippen LogP contribution in [0.2, 0.25) is 0 Å². The number of aliphatic carboxylic acids is 2. The molecule has 1 heterocycles. The number of carbonyl (C=O) groups excluding carboxylic acids is 3. The number of nitrogens with two attached hydrogens (primary N) is 1. The van der Waals surface area contributed by atoms with Crippen molar-refractivity contribution in [2.45, 2.75) is 57.8 Å². The molecule has 0 aliphatic heterocycles. The van der Waals surface area contributed by atoms with Gasteiger partial charge in [-0.2, -0.15) is 0 Å². The van der Waals surface area contributed by atoms with Gasteiger partial charge in [0, 0.05) is 18.3 Å². The third kappa shape index (κ3) is 8.42. The van der Waals surface area contributed by atoms with Crippen molar-refractivity contribution < 1.29 is 34.2 Å². The van der Waals surface area contributed by atoms with E-state index in [0.717, 1.165) is 0 Å². The van der Waals surface area contributed by atoms with Crippen LogP contribution in [0, 0.1) is 5.92 Å². The van der Waals surface area contributed by atoms with Gasteiger partial charge in [-0.1, -0.05) is 13.8 Å². The molecule has 172 valence electrons. The lowest BCUT2D eigenvalue weighted by Gasteiger charge is -2.24. The van der Waals surface area contributed by atoms with Crippen LogP contribution in [0.25, 0.3) is 0 Å². The smallest absolute Gasteiger partial charge is 0.326 e. The molecular weight excluding hydrogens is 412 g/mol. The van der Waals surface area contributed by atoms with Gasteiger partial charge in [-0.05, 0) is 12.8 Å². The van der Waals surface area contributed by atoms with Crippen molar-refractivity contribution in [1.82, 2.24) is 25.9 Å². The highest BCUT2D eigenvalue weighted by Crippen LogP contribution is 2.04. The van der Waals surface area contributed by atoms with Gasteiger partial charge in [-0.25, -0.2) is 9.78 Å². The maximum Gasteiger partial charge on any atom is 0.326 e. The Morgan fingerprint density at radius 2 is 1.68 bits per heavy atom. The average Bonchev–Trinajstić information content (AvgIpc) is 3.17. The number of hydrogen-bond donors (Lipinski definition) is 7. The number of carboxylic acids is 2. The average molecular weight is 440 g/mol. The Labute approximate surface area is 178 Å². The predicted octanol–water partition coefficient (Wildman–Crippen LogP) is -2.03. The quantitative estimate of drug-likeness (QED) is 0.190. The Balaban J connectivity index is 2.74. The van der Waals surface area contributed by atoms with E-state index in [9.17, 15) is 29.1 Å². The summed E-state index contributed by atoms with van der Waals surface area (Å²) >= 11 is 0. The Bertz CT molecular complexity index is 795. The van der Waals surface area contributed by atoms with Gasteiger partial charge in [0.05, 0.1) is 18.8 Å². The van der Waals surface area contributed by atoms with Crippen LogP contribution in [0.1, 0.15) is 32.9 Å². The molecule has 0 aliphatic rings. The van der Waals surface area contributed by atoms with Crippen LogP contribution >= 0.6 is 0 Å². The van der Waals surface area contributed by atoms with Gasteiger partial charge < -0.3 is 36.9 Å². The number of nitrogens with zero attached hydrogens (tertiary/aromatic N) is 1. The minimum Gasteiger partial charge on any atom is -0.481 e. The highest BCUT2D eigenvalue weighted by Gasteiger charge is 2.31. The van der Waals surface area contributed by atoms with Crippen molar-refractivity contribution in [3.05, 3.63) is 18.2 Å². The Kier molecular flexibility index (Phi) is 9.60. The van der Waals surface area contributed by atoms with Crippen molar-refractivity contribution >= 4 is 29.7 Å². The fourth-order valence-electron chi connectivity index (χ4n) is 2.56. The van der Waals surface area contributed by atoms with Crippen molar-refractivity contribution in [3.63, 3.8) is 0 Å². The first kappa shape index (κ1) is 25.6. The molecule has 13 nitrogen and oxygen atoms in total. The zero-order chi connectivity index (χ0) is 23.7. The number of aromatic amines is 1. The van der Waals surface area contributed by atoms with Gasteiger partial charge in [0.15, 0.2) is 0 Å². The van der Waals surface area contributed by atoms with E-state index in [1.54, 1.807) is 13.8 Å². The van der Waals surface area contributed by atoms with Crippen molar-refractivity contribution in [2.75, 3.05) is 0 Å². The van der Waals surface area contributed by atoms with Crippen LogP contribution in [-0.2, 0) is 30.4 Å². The number of nitrogens with one attached hydrogen (secondary N) is 4. The van der Waals surface area contributed by atoms with Crippen LogP contribution < -0.4 is 21.7 Å². The first-order chi connectivity index (χ1) is 14.4. The summed E-state index contributed by atoms with van der Waals surface area (Å²) < 4.78 is 0. The van der Waals surface area contributed by atoms with Crippen molar-refractivity contribution in [1.29, 1.82) is 0 Å². The van der Waals surface area contributed by atoms with Crippen LogP contribution in [0.3, 0.4) is 0 Å². The summed E-state index contributed by atoms with van der Waals surface area (Å²) in [5, 5.41) is 25.0. The lowest BCUT2D eigenvalue weighted by Crippen LogP contribution is -2.57. The van der Waals surface area contributed by atoms with Gasteiger partial charge >= 0.3 is 11.9 Å². The summed E-state index contributed by atoms with van der Waals surface area (Å²) in [7, 11) is 0. The maximum absolute atomic E-state index is 12.4. The number of imidazole rings is 1. The molecular formula is C18H28N6O7. The first-order valence-electron chi connectivity index (χ1n) is 9.50. The molecule has 0 saturated heterocycles. The summed E-state index contributed by atoms with van der Waals surface area (Å²) in [6.45, 7) is 4.46. The number of H-pyrrole nitrogens is 1. The first-order valence-corrected chi connectivity index (χ1v) is 9.50. The fourth-order valence-corrected chi connectivity index (χ4v) is 2.56. The molecule has 1 rings (SSSR count). The third-order valence-corrected chi connectivity index (χ3v) is 4.33. The molecule has 1 aromatic rings. The largest absolute Gasteiger partial charge is 0.481 e. The number of carbonyl (C=O) groups is 5. The van der Waals surface area contributed by atoms with Gasteiger partial charge in [-0.15, -0.1) is 0 Å². The van der Waals surface area contributed by atoms with Gasteiger partial charge in [0.25, 0.3) is 0 Å². The SMILES string of the molecule is CC(NC(=O)C(N)Cc1cnc[nH]1)C(=O)NC(CC(=O)O)C(=O)NC(C(=O)O)C(C)C. The van der Waals surface area contributed by atoms with E-state index in [2.05, 4.69) is 25.9 Å². The van der Waals surface area contributed by atoms with Crippen molar-refractivity contribution in [2.24, 2.45) is 11.7 Å². The number of carboxylic acid groups (broad SMARTS) is 2. The number of hydrogen-bond acceptors (Lipinski definition) is 7. The standard InChI is InChI=1S/C18H28N6O7/c1-8(2)14(18(30)31)24-17(29)12(5-13(25)26)23-15(27)9(3)22-16(28)11(19)4-10-6-20-7-21-10/h6-9,11-12,14H,4-5,19H2,1-3H3,(H,20,21)(H,22,28)(H,23,27)(H,24,29)(H,25,26)(H,30,31). The number of aromatic nitrogens is 2. The third-order valence-electron chi connectivity index (χ3n) is 4.33. The van der Waals surface area contributed by atoms with Gasteiger partial charge in [0.1, 0.15) is 18.1 Å². The second-order valence-electron chi connectivity index (χ2n) is 7.35. The van der Waals surface area contributed by atoms with Crippen LogP contribution in [-0.4, -0.2) is 74.0 Å². The summed E-state index contributed by atoms with van der Waals surface area (Å²) in [5.41, 5.74) is 6.42. The molecule has 3 amide bonds. The molecule has 0 spiro atoms. The summed E-state index contributed by atoms with van der Waals surface area (Å²) in [5.74, 6) is -5.59. The molecule has 0 fully saturated rings. The Morgan fingerprint density at radius 3 is 2.16 bits per heavy atom. The van der Waals surface area contributed by atoms with Crippen LogP contribution in [0.5, 0.6) is 0 Å². The zero-order valence-electron chi connectivity index (χ0n) is 17.4. The summed E-state index contributed by atoms with van der Waals surface area (Å²) in [6.07, 6.45) is 2.30. The van der Waals surface area contributed by atoms with Gasteiger partial charge in [-0.3, -0.25) is 19.2 Å². The van der Waals surface area contributed by atoms with E-state index in [1.165, 1.54) is 19.4 Å². The summed E-state index contributed by atoms with van der Waals surface area (Å²) in [6, 6.07) is -4.91. The molecule has 0 saturated carbocycles. The second-order valence-corrected chi connectivity index (χ2v) is 7.35. The molecule has 0 radical (unpaired) electrons. The normalized spacial score (nSPS) is 14.7.